The van der Waals surface area contributed by atoms with Crippen LogP contribution in [0.5, 0.6) is 5.75 Å². The van der Waals surface area contributed by atoms with E-state index in [1.165, 1.54) is 44.9 Å². The van der Waals surface area contributed by atoms with Crippen LogP contribution in [0.3, 0.4) is 0 Å². The van der Waals surface area contributed by atoms with E-state index in [2.05, 4.69) is 12.2 Å². The highest BCUT2D eigenvalue weighted by Crippen LogP contribution is 2.30. The van der Waals surface area contributed by atoms with Crippen LogP contribution in [0.15, 0.2) is 24.3 Å². The van der Waals surface area contributed by atoms with Gasteiger partial charge in [0.1, 0.15) is 0 Å². The van der Waals surface area contributed by atoms with E-state index in [9.17, 15) is 8.78 Å². The van der Waals surface area contributed by atoms with Gasteiger partial charge in [-0.2, -0.15) is 4.39 Å². The third kappa shape index (κ3) is 4.58. The molecule has 0 aliphatic heterocycles. The van der Waals surface area contributed by atoms with Crippen molar-refractivity contribution in [2.75, 3.05) is 6.61 Å². The average molecular weight is 334 g/mol. The second kappa shape index (κ2) is 8.64. The highest BCUT2D eigenvalue weighted by molar-refractivity contribution is 5.31. The van der Waals surface area contributed by atoms with Crippen molar-refractivity contribution >= 4 is 0 Å². The number of ether oxygens (including phenoxy) is 1. The average Bonchev–Trinajstić information content (AvgIpc) is 3.05. The Morgan fingerprint density at radius 1 is 1.00 bits per heavy atom. The Morgan fingerprint density at radius 2 is 1.79 bits per heavy atom. The van der Waals surface area contributed by atoms with Gasteiger partial charge in [-0.25, -0.2) is 4.39 Å². The van der Waals surface area contributed by atoms with E-state index in [-0.39, 0.29) is 5.75 Å². The molecule has 3 heteroatoms. The van der Waals surface area contributed by atoms with Crippen LogP contribution in [0.4, 0.5) is 8.78 Å². The molecule has 2 fully saturated rings. The van der Waals surface area contributed by atoms with E-state index in [0.717, 1.165) is 12.8 Å². The molecule has 2 aliphatic carbocycles. The van der Waals surface area contributed by atoms with E-state index >= 15 is 0 Å². The topological polar surface area (TPSA) is 9.23 Å². The molecule has 2 aliphatic rings. The molecule has 1 aromatic carbocycles. The van der Waals surface area contributed by atoms with Crippen molar-refractivity contribution in [1.29, 1.82) is 0 Å². The molecule has 3 rings (SSSR count). The molecule has 0 unspecified atom stereocenters. The van der Waals surface area contributed by atoms with E-state index in [0.29, 0.717) is 30.4 Å². The van der Waals surface area contributed by atoms with Gasteiger partial charge in [0.25, 0.3) is 0 Å². The molecule has 24 heavy (non-hydrogen) atoms. The van der Waals surface area contributed by atoms with Crippen LogP contribution in [-0.2, 0) is 6.42 Å². The Morgan fingerprint density at radius 3 is 2.50 bits per heavy atom. The van der Waals surface area contributed by atoms with Crippen molar-refractivity contribution in [2.24, 2.45) is 11.8 Å². The Hall–Kier alpha value is -1.38. The first kappa shape index (κ1) is 17.4. The maximum atomic E-state index is 14.2. The first-order chi connectivity index (χ1) is 11.7. The molecule has 0 saturated heterocycles. The minimum Gasteiger partial charge on any atom is -0.490 e. The summed E-state index contributed by atoms with van der Waals surface area (Å²) in [6.07, 6.45) is 15.6. The van der Waals surface area contributed by atoms with Crippen molar-refractivity contribution in [3.05, 3.63) is 41.5 Å². The van der Waals surface area contributed by atoms with Crippen LogP contribution in [0.2, 0.25) is 0 Å². The summed E-state index contributed by atoms with van der Waals surface area (Å²) in [6.45, 7) is 0.477. The molecular weight excluding hydrogens is 306 g/mol. The quantitative estimate of drug-likeness (QED) is 0.513. The molecule has 1 aromatic rings. The predicted molar refractivity (Wildman–Crippen MR) is 93.2 cm³/mol. The lowest BCUT2D eigenvalue weighted by molar-refractivity contribution is 0.215. The highest BCUT2D eigenvalue weighted by atomic mass is 19.2. The standard InChI is InChI=1S/C21H28F2O/c22-20-18(11-4-3-8-16-6-1-2-7-16)12-13-19(21(20)23)24-15-14-17-9-5-10-17/h3,8,12-13,16-17H,1-2,4-7,9-11,14-15H2/b8-3+. The zero-order valence-corrected chi connectivity index (χ0v) is 14.4. The van der Waals surface area contributed by atoms with Gasteiger partial charge in [-0.1, -0.05) is 50.3 Å². The van der Waals surface area contributed by atoms with Crippen LogP contribution in [0, 0.1) is 23.5 Å². The van der Waals surface area contributed by atoms with Gasteiger partial charge in [-0.05, 0) is 55.6 Å². The van der Waals surface area contributed by atoms with Gasteiger partial charge in [0.05, 0.1) is 6.61 Å². The Labute approximate surface area is 144 Å². The zero-order chi connectivity index (χ0) is 16.8. The normalized spacial score (nSPS) is 19.1. The number of benzene rings is 1. The summed E-state index contributed by atoms with van der Waals surface area (Å²) in [5, 5.41) is 0. The molecule has 0 atom stereocenters. The Bertz CT molecular complexity index is 557. The molecule has 0 amide bonds. The van der Waals surface area contributed by atoms with Crippen molar-refractivity contribution < 1.29 is 13.5 Å². The maximum Gasteiger partial charge on any atom is 0.200 e. The number of hydrogen-bond donors (Lipinski definition) is 0. The summed E-state index contributed by atoms with van der Waals surface area (Å²) in [5.74, 6) is -0.120. The number of allylic oxidation sites excluding steroid dienone is 2. The Kier molecular flexibility index (Phi) is 6.28. The van der Waals surface area contributed by atoms with Crippen LogP contribution in [-0.4, -0.2) is 6.61 Å². The molecular formula is C21H28F2O. The van der Waals surface area contributed by atoms with Crippen LogP contribution in [0.1, 0.15) is 63.4 Å². The number of halogens is 2. The molecule has 0 N–H and O–H groups in total. The van der Waals surface area contributed by atoms with Gasteiger partial charge in [0, 0.05) is 0 Å². The third-order valence-electron chi connectivity index (χ3n) is 5.52. The predicted octanol–water partition coefficient (Wildman–Crippen LogP) is 6.21. The second-order valence-corrected chi connectivity index (χ2v) is 7.30. The fourth-order valence-corrected chi connectivity index (χ4v) is 3.67. The van der Waals surface area contributed by atoms with Crippen LogP contribution < -0.4 is 4.74 Å². The van der Waals surface area contributed by atoms with E-state index in [1.54, 1.807) is 12.1 Å². The minimum atomic E-state index is -0.833. The smallest absolute Gasteiger partial charge is 0.200 e. The lowest BCUT2D eigenvalue weighted by Crippen LogP contribution is -2.15. The first-order valence-electron chi connectivity index (χ1n) is 9.50. The summed E-state index contributed by atoms with van der Waals surface area (Å²) in [7, 11) is 0. The summed E-state index contributed by atoms with van der Waals surface area (Å²) in [4.78, 5) is 0. The van der Waals surface area contributed by atoms with E-state index < -0.39 is 11.6 Å². The number of aryl methyl sites for hydroxylation is 1. The van der Waals surface area contributed by atoms with Gasteiger partial charge in [-0.3, -0.25) is 0 Å². The van der Waals surface area contributed by atoms with Crippen molar-refractivity contribution in [3.8, 4) is 5.75 Å². The van der Waals surface area contributed by atoms with Gasteiger partial charge < -0.3 is 4.74 Å². The maximum absolute atomic E-state index is 14.2. The van der Waals surface area contributed by atoms with E-state index in [4.69, 9.17) is 4.74 Å². The molecule has 0 radical (unpaired) electrons. The fourth-order valence-electron chi connectivity index (χ4n) is 3.67. The lowest BCUT2D eigenvalue weighted by Gasteiger charge is -2.25. The summed E-state index contributed by atoms with van der Waals surface area (Å²) in [6, 6.07) is 3.25. The molecule has 0 aromatic heterocycles. The van der Waals surface area contributed by atoms with Crippen molar-refractivity contribution in [2.45, 2.75) is 64.2 Å². The molecule has 0 bridgehead atoms. The molecule has 0 heterocycles. The minimum absolute atomic E-state index is 0.0528. The molecule has 2 saturated carbocycles. The van der Waals surface area contributed by atoms with Crippen LogP contribution >= 0.6 is 0 Å². The highest BCUT2D eigenvalue weighted by Gasteiger charge is 2.18. The number of hydrogen-bond acceptors (Lipinski definition) is 1. The largest absolute Gasteiger partial charge is 0.490 e. The van der Waals surface area contributed by atoms with Crippen molar-refractivity contribution in [1.82, 2.24) is 0 Å². The zero-order valence-electron chi connectivity index (χ0n) is 14.4. The SMILES string of the molecule is Fc1c(CC/C=C/C2CCCC2)ccc(OCCC2CCC2)c1F. The van der Waals surface area contributed by atoms with Gasteiger partial charge >= 0.3 is 0 Å². The van der Waals surface area contributed by atoms with Crippen LogP contribution in [0.25, 0.3) is 0 Å². The van der Waals surface area contributed by atoms with Gasteiger partial charge in [0.2, 0.25) is 5.82 Å². The van der Waals surface area contributed by atoms with Gasteiger partial charge in [0.15, 0.2) is 11.6 Å². The van der Waals surface area contributed by atoms with E-state index in [1.807, 2.05) is 0 Å². The molecule has 0 spiro atoms. The van der Waals surface area contributed by atoms with Gasteiger partial charge in [-0.15, -0.1) is 0 Å². The molecule has 1 nitrogen and oxygen atoms in total. The summed E-state index contributed by atoms with van der Waals surface area (Å²) < 4.78 is 33.7. The monoisotopic (exact) mass is 334 g/mol. The molecule has 132 valence electrons. The third-order valence-corrected chi connectivity index (χ3v) is 5.52. The first-order valence-corrected chi connectivity index (χ1v) is 9.50. The van der Waals surface area contributed by atoms with Crippen molar-refractivity contribution in [3.63, 3.8) is 0 Å². The second-order valence-electron chi connectivity index (χ2n) is 7.30. The number of rotatable bonds is 8. The Balaban J connectivity index is 1.47. The summed E-state index contributed by atoms with van der Waals surface area (Å²) in [5.41, 5.74) is 0.440. The fraction of sp³-hybridized carbons (Fsp3) is 0.619. The summed E-state index contributed by atoms with van der Waals surface area (Å²) >= 11 is 0. The lowest BCUT2D eigenvalue weighted by atomic mass is 9.83.